The topological polar surface area (TPSA) is 124 Å². The Bertz CT molecular complexity index is 1270. The van der Waals surface area contributed by atoms with Crippen molar-refractivity contribution >= 4 is 16.1 Å². The molecule has 1 amide bonds. The van der Waals surface area contributed by atoms with E-state index in [1.807, 2.05) is 44.2 Å². The number of amides is 1. The summed E-state index contributed by atoms with van der Waals surface area (Å²) in [5, 5.41) is 14.3. The smallest absolute Gasteiger partial charge is 0.407 e. The summed E-state index contributed by atoms with van der Waals surface area (Å²) in [6.45, 7) is 4.80. The molecule has 3 fully saturated rings. The summed E-state index contributed by atoms with van der Waals surface area (Å²) in [6.07, 6.45) is -1.20. The monoisotopic (exact) mass is 588 g/mol. The fourth-order valence-electron chi connectivity index (χ4n) is 6.22. The summed E-state index contributed by atoms with van der Waals surface area (Å²) < 4.78 is 51.2. The van der Waals surface area contributed by atoms with E-state index < -0.39 is 28.3 Å². The molecule has 41 heavy (non-hydrogen) atoms. The van der Waals surface area contributed by atoms with Gasteiger partial charge in [0.2, 0.25) is 10.0 Å². The van der Waals surface area contributed by atoms with Gasteiger partial charge in [-0.1, -0.05) is 44.2 Å². The van der Waals surface area contributed by atoms with Crippen molar-refractivity contribution in [3.05, 3.63) is 60.2 Å². The van der Waals surface area contributed by atoms with Gasteiger partial charge in [0.15, 0.2) is 6.29 Å². The Balaban J connectivity index is 1.33. The zero-order chi connectivity index (χ0) is 29.1. The van der Waals surface area contributed by atoms with E-state index in [1.54, 1.807) is 12.1 Å². The first kappa shape index (κ1) is 29.8. The summed E-state index contributed by atoms with van der Waals surface area (Å²) in [6, 6.07) is 14.8. The third-order valence-corrected chi connectivity index (χ3v) is 10.1. The number of carbonyl (C=O) groups excluding carboxylic acids is 1. The summed E-state index contributed by atoms with van der Waals surface area (Å²) in [4.78, 5) is 13.3. The van der Waals surface area contributed by atoms with Crippen molar-refractivity contribution in [2.45, 2.75) is 56.1 Å². The molecular weight excluding hydrogens is 548 g/mol. The van der Waals surface area contributed by atoms with Crippen LogP contribution in [0.2, 0.25) is 0 Å². The second-order valence-corrected chi connectivity index (χ2v) is 13.6. The number of aliphatic hydroxyl groups is 1. The minimum absolute atomic E-state index is 0.00196. The summed E-state index contributed by atoms with van der Waals surface area (Å²) in [7, 11) is -2.43. The Hall–Kier alpha value is -2.70. The van der Waals surface area contributed by atoms with Crippen LogP contribution in [0.3, 0.4) is 0 Å². The lowest BCUT2D eigenvalue weighted by Gasteiger charge is -2.31. The number of carbonyl (C=O) groups is 1. The van der Waals surface area contributed by atoms with Gasteiger partial charge in [-0.15, -0.1) is 0 Å². The molecule has 0 aromatic heterocycles. The molecule has 2 aliphatic heterocycles. The first-order valence-electron chi connectivity index (χ1n) is 14.2. The number of alkyl carbamates (subject to hydrolysis) is 1. The SMILES string of the molecule is COc1ccc(S(=O)(=O)N(CC(C)C)C[C@@H](O)[C@H](Cc2ccccc2)NC(=O)OC2C3COC4OCC2C4C3)cc1. The zero-order valence-corrected chi connectivity index (χ0v) is 24.5. The summed E-state index contributed by atoms with van der Waals surface area (Å²) in [5.74, 6) is 0.978. The van der Waals surface area contributed by atoms with E-state index in [1.165, 1.54) is 23.5 Å². The molecule has 2 aromatic carbocycles. The van der Waals surface area contributed by atoms with Crippen LogP contribution in [0.1, 0.15) is 25.8 Å². The molecule has 2 N–H and O–H groups in total. The van der Waals surface area contributed by atoms with Crippen LogP contribution < -0.4 is 10.1 Å². The second kappa shape index (κ2) is 12.7. The highest BCUT2D eigenvalue weighted by Crippen LogP contribution is 2.49. The number of sulfonamides is 1. The number of nitrogens with zero attached hydrogens (tertiary/aromatic N) is 1. The summed E-state index contributed by atoms with van der Waals surface area (Å²) in [5.41, 5.74) is 0.891. The van der Waals surface area contributed by atoms with Crippen LogP contribution in [0.15, 0.2) is 59.5 Å². The van der Waals surface area contributed by atoms with Gasteiger partial charge in [-0.2, -0.15) is 4.31 Å². The van der Waals surface area contributed by atoms with E-state index in [2.05, 4.69) is 5.32 Å². The fraction of sp³-hybridized carbons (Fsp3) is 0.567. The molecular formula is C30H40N2O8S. The molecule has 10 nitrogen and oxygen atoms in total. The number of methoxy groups -OCH3 is 1. The Morgan fingerprint density at radius 1 is 1.05 bits per heavy atom. The van der Waals surface area contributed by atoms with E-state index in [4.69, 9.17) is 18.9 Å². The molecule has 11 heteroatoms. The van der Waals surface area contributed by atoms with Crippen LogP contribution in [0.4, 0.5) is 4.79 Å². The van der Waals surface area contributed by atoms with Gasteiger partial charge in [0.25, 0.3) is 0 Å². The van der Waals surface area contributed by atoms with Crippen molar-refractivity contribution < 1.29 is 37.3 Å². The van der Waals surface area contributed by atoms with Gasteiger partial charge in [0.1, 0.15) is 11.9 Å². The van der Waals surface area contributed by atoms with Crippen LogP contribution >= 0.6 is 0 Å². The summed E-state index contributed by atoms with van der Waals surface area (Å²) >= 11 is 0. The Morgan fingerprint density at radius 2 is 1.76 bits per heavy atom. The molecule has 2 saturated heterocycles. The molecule has 2 heterocycles. The predicted molar refractivity (Wildman–Crippen MR) is 151 cm³/mol. The number of ether oxygens (including phenoxy) is 4. The average Bonchev–Trinajstić information content (AvgIpc) is 3.49. The van der Waals surface area contributed by atoms with Gasteiger partial charge < -0.3 is 29.4 Å². The second-order valence-electron chi connectivity index (χ2n) is 11.6. The van der Waals surface area contributed by atoms with Crippen LogP contribution in [-0.2, 0) is 30.7 Å². The average molecular weight is 589 g/mol. The van der Waals surface area contributed by atoms with Gasteiger partial charge in [0.05, 0.1) is 37.4 Å². The third kappa shape index (κ3) is 6.70. The molecule has 7 atom stereocenters. The Labute approximate surface area is 242 Å². The normalized spacial score (nSPS) is 26.6. The van der Waals surface area contributed by atoms with Crippen LogP contribution in [0, 0.1) is 23.7 Å². The predicted octanol–water partition coefficient (Wildman–Crippen LogP) is 3.05. The Kier molecular flexibility index (Phi) is 9.20. The molecule has 1 saturated carbocycles. The molecule has 0 radical (unpaired) electrons. The maximum absolute atomic E-state index is 13.7. The first-order chi connectivity index (χ1) is 19.7. The third-order valence-electron chi connectivity index (χ3n) is 8.25. The van der Waals surface area contributed by atoms with Crippen LogP contribution in [0.5, 0.6) is 5.75 Å². The van der Waals surface area contributed by atoms with Crippen LogP contribution in [0.25, 0.3) is 0 Å². The molecule has 0 spiro atoms. The van der Waals surface area contributed by atoms with Gasteiger partial charge >= 0.3 is 6.09 Å². The number of hydrogen-bond acceptors (Lipinski definition) is 8. The maximum atomic E-state index is 13.7. The quantitative estimate of drug-likeness (QED) is 0.388. The number of aliphatic hydroxyl groups excluding tert-OH is 1. The molecule has 1 aliphatic carbocycles. The highest BCUT2D eigenvalue weighted by molar-refractivity contribution is 7.89. The van der Waals surface area contributed by atoms with Gasteiger partial charge in [-0.3, -0.25) is 0 Å². The van der Waals surface area contributed by atoms with E-state index in [0.717, 1.165) is 12.0 Å². The van der Waals surface area contributed by atoms with Crippen molar-refractivity contribution in [1.29, 1.82) is 0 Å². The maximum Gasteiger partial charge on any atom is 0.407 e. The minimum atomic E-state index is -3.94. The van der Waals surface area contributed by atoms with Crippen molar-refractivity contribution in [2.75, 3.05) is 33.4 Å². The highest BCUT2D eigenvalue weighted by Gasteiger charge is 2.56. The standard InChI is InChI=1S/C30H40N2O8S/c1-19(2)15-32(41(35,36)23-11-9-22(37-3)10-12-23)16-27(33)26(13-20-7-5-4-6-8-20)31-30(34)40-28-21-14-24-25(28)18-39-29(24)38-17-21/h4-12,19,21,24-29,33H,13-18H2,1-3H3,(H,31,34)/t21?,24?,25?,26-,27+,28?,29?/m0/s1. The Morgan fingerprint density at radius 3 is 2.44 bits per heavy atom. The van der Waals surface area contributed by atoms with Crippen molar-refractivity contribution in [3.63, 3.8) is 0 Å². The van der Waals surface area contributed by atoms with Crippen molar-refractivity contribution in [3.8, 4) is 5.75 Å². The largest absolute Gasteiger partial charge is 0.497 e. The van der Waals surface area contributed by atoms with Gasteiger partial charge in [0, 0.05) is 30.8 Å². The van der Waals surface area contributed by atoms with E-state index >= 15 is 0 Å². The molecule has 3 aliphatic rings. The van der Waals surface area contributed by atoms with E-state index in [-0.39, 0.29) is 54.1 Å². The zero-order valence-electron chi connectivity index (χ0n) is 23.7. The lowest BCUT2D eigenvalue weighted by Crippen LogP contribution is -2.52. The molecule has 2 aromatic rings. The van der Waals surface area contributed by atoms with E-state index in [9.17, 15) is 18.3 Å². The van der Waals surface area contributed by atoms with Crippen molar-refractivity contribution in [1.82, 2.24) is 9.62 Å². The van der Waals surface area contributed by atoms with Crippen molar-refractivity contribution in [2.24, 2.45) is 23.7 Å². The number of nitrogens with one attached hydrogen (secondary N) is 1. The van der Waals surface area contributed by atoms with E-state index in [0.29, 0.717) is 25.4 Å². The number of fused-ring (bicyclic) bond motifs is 1. The molecule has 2 bridgehead atoms. The minimum Gasteiger partial charge on any atom is -0.497 e. The van der Waals surface area contributed by atoms with Gasteiger partial charge in [-0.05, 0) is 48.6 Å². The van der Waals surface area contributed by atoms with Gasteiger partial charge in [-0.25, -0.2) is 13.2 Å². The molecule has 5 unspecified atom stereocenters. The number of benzene rings is 2. The highest BCUT2D eigenvalue weighted by atomic mass is 32.2. The fourth-order valence-corrected chi connectivity index (χ4v) is 7.84. The lowest BCUT2D eigenvalue weighted by atomic mass is 9.98. The first-order valence-corrected chi connectivity index (χ1v) is 15.7. The number of hydrogen-bond donors (Lipinski definition) is 2. The lowest BCUT2D eigenvalue weighted by molar-refractivity contribution is -0.169. The van der Waals surface area contributed by atoms with Crippen LogP contribution in [-0.4, -0.2) is 81.9 Å². The molecule has 224 valence electrons. The number of rotatable bonds is 12. The molecule has 5 rings (SSSR count).